The van der Waals surface area contributed by atoms with Gasteiger partial charge >= 0.3 is 0 Å². The van der Waals surface area contributed by atoms with Crippen LogP contribution in [0.1, 0.15) is 46.3 Å². The van der Waals surface area contributed by atoms with Gasteiger partial charge in [-0.3, -0.25) is 4.79 Å². The van der Waals surface area contributed by atoms with Crippen molar-refractivity contribution in [3.8, 4) is 5.13 Å². The minimum atomic E-state index is -0.0575. The Morgan fingerprint density at radius 3 is 2.58 bits per heavy atom. The van der Waals surface area contributed by atoms with Crippen LogP contribution in [0.5, 0.6) is 0 Å². The van der Waals surface area contributed by atoms with Gasteiger partial charge in [0.1, 0.15) is 4.88 Å². The average molecular weight is 339 g/mol. The first-order chi connectivity index (χ1) is 11.6. The highest BCUT2D eigenvalue weighted by Crippen LogP contribution is 2.27. The van der Waals surface area contributed by atoms with Crippen molar-refractivity contribution in [1.82, 2.24) is 14.9 Å². The third-order valence-corrected chi connectivity index (χ3v) is 5.00. The van der Waals surface area contributed by atoms with Crippen molar-refractivity contribution in [1.29, 1.82) is 0 Å². The molecule has 0 fully saturated rings. The molecule has 2 aromatic heterocycles. The number of nitrogens with one attached hydrogen (secondary N) is 1. The van der Waals surface area contributed by atoms with Crippen LogP contribution in [0.4, 0.5) is 0 Å². The van der Waals surface area contributed by atoms with Gasteiger partial charge in [-0.05, 0) is 36.1 Å². The molecular weight excluding hydrogens is 318 g/mol. The predicted octanol–water partition coefficient (Wildman–Crippen LogP) is 4.30. The maximum Gasteiger partial charge on any atom is 0.263 e. The topological polar surface area (TPSA) is 46.9 Å². The largest absolute Gasteiger partial charge is 0.347 e. The summed E-state index contributed by atoms with van der Waals surface area (Å²) in [4.78, 5) is 18.1. The Morgan fingerprint density at radius 2 is 1.92 bits per heavy atom. The fourth-order valence-electron chi connectivity index (χ4n) is 2.51. The number of aromatic nitrogens is 2. The molecule has 0 bridgehead atoms. The number of nitrogens with zero attached hydrogens (tertiary/aromatic N) is 2. The number of rotatable bonds is 5. The fraction of sp³-hybridized carbons (Fsp3) is 0.263. The zero-order valence-electron chi connectivity index (χ0n) is 14.1. The van der Waals surface area contributed by atoms with E-state index in [1.807, 2.05) is 47.3 Å². The second-order valence-corrected chi connectivity index (χ2v) is 7.04. The van der Waals surface area contributed by atoms with Gasteiger partial charge in [0, 0.05) is 18.9 Å². The van der Waals surface area contributed by atoms with Crippen LogP contribution in [-0.2, 0) is 6.54 Å². The second kappa shape index (κ2) is 7.01. The number of amides is 1. The molecule has 1 aromatic carbocycles. The quantitative estimate of drug-likeness (QED) is 0.753. The van der Waals surface area contributed by atoms with Gasteiger partial charge in [-0.15, -0.1) is 0 Å². The molecule has 3 rings (SSSR count). The summed E-state index contributed by atoms with van der Waals surface area (Å²) >= 11 is 1.43. The molecule has 0 spiro atoms. The van der Waals surface area contributed by atoms with E-state index in [1.165, 1.54) is 16.9 Å². The van der Waals surface area contributed by atoms with Crippen molar-refractivity contribution in [2.75, 3.05) is 0 Å². The summed E-state index contributed by atoms with van der Waals surface area (Å²) in [6, 6.07) is 12.0. The number of thiazole rings is 1. The van der Waals surface area contributed by atoms with Crippen LogP contribution < -0.4 is 5.32 Å². The van der Waals surface area contributed by atoms with Gasteiger partial charge in [-0.25, -0.2) is 4.98 Å². The number of carbonyl (C=O) groups excluding carboxylic acids is 1. The van der Waals surface area contributed by atoms with E-state index in [9.17, 15) is 4.79 Å². The monoisotopic (exact) mass is 339 g/mol. The highest BCUT2D eigenvalue weighted by molar-refractivity contribution is 7.16. The summed E-state index contributed by atoms with van der Waals surface area (Å²) < 4.78 is 1.94. The average Bonchev–Trinajstić information content (AvgIpc) is 3.22. The molecule has 0 saturated heterocycles. The molecule has 0 aliphatic rings. The molecule has 24 heavy (non-hydrogen) atoms. The first-order valence-corrected chi connectivity index (χ1v) is 8.84. The van der Waals surface area contributed by atoms with E-state index in [0.717, 1.165) is 16.4 Å². The molecule has 4 nitrogen and oxygen atoms in total. The smallest absolute Gasteiger partial charge is 0.263 e. The van der Waals surface area contributed by atoms with Crippen molar-refractivity contribution in [2.24, 2.45) is 0 Å². The molecule has 3 aromatic rings. The first-order valence-electron chi connectivity index (χ1n) is 8.03. The van der Waals surface area contributed by atoms with Crippen molar-refractivity contribution in [2.45, 2.75) is 33.2 Å². The second-order valence-electron chi connectivity index (χ2n) is 6.06. The van der Waals surface area contributed by atoms with E-state index in [1.54, 1.807) is 0 Å². The number of aryl methyl sites for hydroxylation is 1. The van der Waals surface area contributed by atoms with Crippen LogP contribution in [0.15, 0.2) is 48.8 Å². The maximum absolute atomic E-state index is 12.7. The van der Waals surface area contributed by atoms with E-state index in [-0.39, 0.29) is 11.8 Å². The van der Waals surface area contributed by atoms with Crippen molar-refractivity contribution in [3.63, 3.8) is 0 Å². The lowest BCUT2D eigenvalue weighted by Gasteiger charge is -2.08. The molecular formula is C19H21N3OS. The molecule has 5 heteroatoms. The van der Waals surface area contributed by atoms with Crippen LogP contribution in [0.2, 0.25) is 0 Å². The molecule has 0 atom stereocenters. The van der Waals surface area contributed by atoms with E-state index < -0.39 is 0 Å². The highest BCUT2D eigenvalue weighted by Gasteiger charge is 2.20. The predicted molar refractivity (Wildman–Crippen MR) is 97.9 cm³/mol. The molecule has 0 unspecified atom stereocenters. The standard InChI is InChI=1S/C19H21N3OS/c1-13(2)16-17(24-19(21-16)22-10-6-7-11-22)18(23)20-12-15-9-5-4-8-14(15)3/h4-11,13H,12H2,1-3H3,(H,20,23). The van der Waals surface area contributed by atoms with Crippen LogP contribution in [0.25, 0.3) is 5.13 Å². The number of hydrogen-bond donors (Lipinski definition) is 1. The summed E-state index contributed by atoms with van der Waals surface area (Å²) in [6.07, 6.45) is 3.88. The third kappa shape index (κ3) is 3.41. The Morgan fingerprint density at radius 1 is 1.21 bits per heavy atom. The lowest BCUT2D eigenvalue weighted by atomic mass is 10.1. The van der Waals surface area contributed by atoms with Crippen LogP contribution >= 0.6 is 11.3 Å². The Bertz CT molecular complexity index is 834. The molecule has 0 aliphatic carbocycles. The summed E-state index contributed by atoms with van der Waals surface area (Å²) in [5.41, 5.74) is 3.16. The molecule has 0 aliphatic heterocycles. The highest BCUT2D eigenvalue weighted by atomic mass is 32.1. The minimum Gasteiger partial charge on any atom is -0.347 e. The molecule has 124 valence electrons. The third-order valence-electron chi connectivity index (χ3n) is 3.92. The summed E-state index contributed by atoms with van der Waals surface area (Å²) in [5, 5.41) is 3.86. The first kappa shape index (κ1) is 16.5. The number of carbonyl (C=O) groups is 1. The summed E-state index contributed by atoms with van der Waals surface area (Å²) in [6.45, 7) is 6.71. The Hall–Kier alpha value is -2.40. The van der Waals surface area contributed by atoms with Crippen molar-refractivity contribution < 1.29 is 4.79 Å². The van der Waals surface area contributed by atoms with E-state index in [0.29, 0.717) is 11.4 Å². The number of benzene rings is 1. The maximum atomic E-state index is 12.7. The minimum absolute atomic E-state index is 0.0575. The van der Waals surface area contributed by atoms with Crippen molar-refractivity contribution >= 4 is 17.2 Å². The Kier molecular flexibility index (Phi) is 4.81. The molecule has 0 saturated carbocycles. The van der Waals surface area contributed by atoms with Gasteiger partial charge in [0.15, 0.2) is 5.13 Å². The van der Waals surface area contributed by atoms with Crippen LogP contribution in [0, 0.1) is 6.92 Å². The van der Waals surface area contributed by atoms with Crippen LogP contribution in [0.3, 0.4) is 0 Å². The fourth-order valence-corrected chi connectivity index (χ4v) is 3.62. The Balaban J connectivity index is 1.82. The summed E-state index contributed by atoms with van der Waals surface area (Å²) in [7, 11) is 0. The number of hydrogen-bond acceptors (Lipinski definition) is 3. The van der Waals surface area contributed by atoms with Gasteiger partial charge in [0.05, 0.1) is 5.69 Å². The van der Waals surface area contributed by atoms with Gasteiger partial charge < -0.3 is 9.88 Å². The lowest BCUT2D eigenvalue weighted by Crippen LogP contribution is -2.23. The normalized spacial score (nSPS) is 11.0. The van der Waals surface area contributed by atoms with Crippen molar-refractivity contribution in [3.05, 3.63) is 70.5 Å². The van der Waals surface area contributed by atoms with E-state index in [4.69, 9.17) is 0 Å². The van der Waals surface area contributed by atoms with Gasteiger partial charge in [-0.1, -0.05) is 49.4 Å². The van der Waals surface area contributed by atoms with Gasteiger partial charge in [0.2, 0.25) is 0 Å². The van der Waals surface area contributed by atoms with Gasteiger partial charge in [-0.2, -0.15) is 0 Å². The van der Waals surface area contributed by atoms with E-state index in [2.05, 4.69) is 37.1 Å². The molecule has 1 N–H and O–H groups in total. The molecule has 2 heterocycles. The zero-order chi connectivity index (χ0) is 17.1. The molecule has 1 amide bonds. The van der Waals surface area contributed by atoms with Crippen LogP contribution in [-0.4, -0.2) is 15.5 Å². The van der Waals surface area contributed by atoms with Gasteiger partial charge in [0.25, 0.3) is 5.91 Å². The SMILES string of the molecule is Cc1ccccc1CNC(=O)c1sc(-n2cccc2)nc1C(C)C. The zero-order valence-corrected chi connectivity index (χ0v) is 14.9. The lowest BCUT2D eigenvalue weighted by molar-refractivity contribution is 0.0953. The summed E-state index contributed by atoms with van der Waals surface area (Å²) in [5.74, 6) is 0.141. The molecule has 0 radical (unpaired) electrons. The Labute approximate surface area is 146 Å². The van der Waals surface area contributed by atoms with E-state index >= 15 is 0 Å².